The van der Waals surface area contributed by atoms with Crippen molar-refractivity contribution in [3.63, 3.8) is 0 Å². The van der Waals surface area contributed by atoms with Crippen molar-refractivity contribution in [1.82, 2.24) is 15.2 Å². The zero-order valence-corrected chi connectivity index (χ0v) is 27.5. The van der Waals surface area contributed by atoms with Gasteiger partial charge in [0.15, 0.2) is 5.82 Å². The molecule has 15 heteroatoms. The fourth-order valence-electron chi connectivity index (χ4n) is 5.74. The average molecular weight is 693 g/mol. The summed E-state index contributed by atoms with van der Waals surface area (Å²) in [7, 11) is -0.779. The highest BCUT2D eigenvalue weighted by Crippen LogP contribution is 2.44. The smallest absolute Gasteiger partial charge is 0.407 e. The van der Waals surface area contributed by atoms with Crippen molar-refractivity contribution in [1.29, 1.82) is 0 Å². The summed E-state index contributed by atoms with van der Waals surface area (Å²) in [5.74, 6) is -2.09. The van der Waals surface area contributed by atoms with E-state index in [0.717, 1.165) is 17.6 Å². The van der Waals surface area contributed by atoms with E-state index in [4.69, 9.17) is 16.3 Å². The van der Waals surface area contributed by atoms with Gasteiger partial charge in [-0.15, -0.1) is 11.3 Å². The van der Waals surface area contributed by atoms with Crippen LogP contribution >= 0.6 is 22.9 Å². The van der Waals surface area contributed by atoms with Crippen LogP contribution < -0.4 is 14.8 Å². The van der Waals surface area contributed by atoms with Crippen LogP contribution in [0.25, 0.3) is 21.2 Å². The van der Waals surface area contributed by atoms with Crippen LogP contribution in [0.3, 0.4) is 0 Å². The second-order valence-electron chi connectivity index (χ2n) is 11.1. The molecule has 0 spiro atoms. The highest BCUT2D eigenvalue weighted by atomic mass is 35.5. The van der Waals surface area contributed by atoms with Crippen molar-refractivity contribution in [2.24, 2.45) is 0 Å². The van der Waals surface area contributed by atoms with E-state index in [-0.39, 0.29) is 67.0 Å². The summed E-state index contributed by atoms with van der Waals surface area (Å²) in [4.78, 5) is 31.4. The minimum Gasteiger partial charge on any atom is -0.495 e. The van der Waals surface area contributed by atoms with Gasteiger partial charge in [-0.3, -0.25) is 9.52 Å². The van der Waals surface area contributed by atoms with Gasteiger partial charge in [0, 0.05) is 54.1 Å². The lowest BCUT2D eigenvalue weighted by Gasteiger charge is -2.34. The number of ketones is 1. The molecule has 1 aliphatic carbocycles. The Kier molecular flexibility index (Phi) is 9.82. The number of hydrogen-bond donors (Lipinski definition) is 3. The summed E-state index contributed by atoms with van der Waals surface area (Å²) in [5, 5.41) is 12.9. The van der Waals surface area contributed by atoms with Gasteiger partial charge in [0.05, 0.1) is 22.9 Å². The molecular weight excluding hydrogens is 662 g/mol. The second-order valence-corrected chi connectivity index (χ2v) is 14.3. The van der Waals surface area contributed by atoms with Crippen LogP contribution in [0.1, 0.15) is 46.5 Å². The number of nitrogens with zero attached hydrogens (tertiary/aromatic N) is 2. The van der Waals surface area contributed by atoms with Crippen molar-refractivity contribution in [2.75, 3.05) is 25.1 Å². The zero-order valence-electron chi connectivity index (χ0n) is 25.1. The van der Waals surface area contributed by atoms with E-state index < -0.39 is 33.5 Å². The van der Waals surface area contributed by atoms with Gasteiger partial charge >= 0.3 is 6.09 Å². The average Bonchev–Trinajstić information content (AvgIpc) is 3.46. The van der Waals surface area contributed by atoms with Gasteiger partial charge < -0.3 is 20.1 Å². The van der Waals surface area contributed by atoms with Gasteiger partial charge in [0.2, 0.25) is 15.8 Å². The number of hydrogen-bond acceptors (Lipinski definition) is 8. The van der Waals surface area contributed by atoms with E-state index in [1.54, 1.807) is 19.2 Å². The molecule has 5 rings (SSSR count). The maximum atomic E-state index is 16.2. The standard InChI is InChI=1S/C31H31ClF2N4O6S2/c1-38(31(40)41)19-10-8-18(9-11-19)35-15-20-25(28(39)22-13-16-5-4-6-21(33)30(16)45-22)24(27(34)26(32)29(20)44-2)17-7-12-23(36-14-17)37-46(3,42)43/h4-7,12-14,18-19,35H,8-11,15H2,1-3H3,(H,36,37)(H,40,41). The summed E-state index contributed by atoms with van der Waals surface area (Å²) in [5.41, 5.74) is 0.184. The second kappa shape index (κ2) is 13.5. The van der Waals surface area contributed by atoms with Crippen LogP contribution in [0.4, 0.5) is 19.4 Å². The van der Waals surface area contributed by atoms with Crippen molar-refractivity contribution in [3.05, 3.63) is 75.3 Å². The van der Waals surface area contributed by atoms with Gasteiger partial charge in [-0.2, -0.15) is 0 Å². The molecule has 2 heterocycles. The molecule has 46 heavy (non-hydrogen) atoms. The molecule has 0 radical (unpaired) electrons. The van der Waals surface area contributed by atoms with Crippen LogP contribution in [0, 0.1) is 11.6 Å². The highest BCUT2D eigenvalue weighted by Gasteiger charge is 2.32. The number of pyridine rings is 1. The molecule has 2 aromatic heterocycles. The lowest BCUT2D eigenvalue weighted by Crippen LogP contribution is -2.42. The van der Waals surface area contributed by atoms with E-state index in [1.807, 2.05) is 0 Å². The number of thiophene rings is 1. The molecule has 3 N–H and O–H groups in total. The topological polar surface area (TPSA) is 138 Å². The fraction of sp³-hybridized carbons (Fsp3) is 0.323. The van der Waals surface area contributed by atoms with Gasteiger partial charge in [-0.1, -0.05) is 23.7 Å². The first-order chi connectivity index (χ1) is 21.8. The molecule has 1 fully saturated rings. The summed E-state index contributed by atoms with van der Waals surface area (Å²) < 4.78 is 62.3. The number of rotatable bonds is 10. The quantitative estimate of drug-likeness (QED) is 0.160. The third kappa shape index (κ3) is 6.94. The Labute approximate surface area is 273 Å². The molecule has 0 saturated heterocycles. The van der Waals surface area contributed by atoms with E-state index in [1.165, 1.54) is 42.5 Å². The molecule has 1 amide bonds. The summed E-state index contributed by atoms with van der Waals surface area (Å²) in [6, 6.07) is 8.64. The van der Waals surface area contributed by atoms with Gasteiger partial charge in [-0.25, -0.2) is 27.0 Å². The van der Waals surface area contributed by atoms with Crippen LogP contribution in [0.2, 0.25) is 5.02 Å². The van der Waals surface area contributed by atoms with Crippen LogP contribution in [-0.2, 0) is 16.6 Å². The number of benzene rings is 2. The SMILES string of the molecule is COc1c(Cl)c(F)c(-c2ccc(NS(C)(=O)=O)nc2)c(C(=O)c2cc3cccc(F)c3s2)c1CNC1CCC(N(C)C(=O)O)CC1. The third-order valence-electron chi connectivity index (χ3n) is 8.04. The van der Waals surface area contributed by atoms with E-state index in [0.29, 0.717) is 31.1 Å². The largest absolute Gasteiger partial charge is 0.495 e. The van der Waals surface area contributed by atoms with Crippen molar-refractivity contribution < 1.29 is 36.6 Å². The van der Waals surface area contributed by atoms with E-state index in [2.05, 4.69) is 15.0 Å². The van der Waals surface area contributed by atoms with Gasteiger partial charge in [0.1, 0.15) is 22.4 Å². The predicted molar refractivity (Wildman–Crippen MR) is 174 cm³/mol. The highest BCUT2D eigenvalue weighted by molar-refractivity contribution is 7.92. The Morgan fingerprint density at radius 2 is 1.89 bits per heavy atom. The summed E-state index contributed by atoms with van der Waals surface area (Å²) in [6.45, 7) is 0.0434. The number of aromatic nitrogens is 1. The molecule has 1 saturated carbocycles. The molecule has 0 aliphatic heterocycles. The van der Waals surface area contributed by atoms with Crippen LogP contribution in [0.15, 0.2) is 42.6 Å². The Balaban J connectivity index is 1.60. The maximum absolute atomic E-state index is 16.2. The van der Waals surface area contributed by atoms with Crippen molar-refractivity contribution in [3.8, 4) is 16.9 Å². The summed E-state index contributed by atoms with van der Waals surface area (Å²) >= 11 is 7.46. The Bertz CT molecular complexity index is 1910. The lowest BCUT2D eigenvalue weighted by molar-refractivity contribution is 0.104. The maximum Gasteiger partial charge on any atom is 0.407 e. The normalized spacial score (nSPS) is 16.7. The number of fused-ring (bicyclic) bond motifs is 1. The number of methoxy groups -OCH3 is 1. The minimum absolute atomic E-state index is 0.00911. The lowest BCUT2D eigenvalue weighted by atomic mass is 9.89. The number of nitrogens with one attached hydrogen (secondary N) is 2. The zero-order chi connectivity index (χ0) is 33.3. The van der Waals surface area contributed by atoms with Gasteiger partial charge in [0.25, 0.3) is 0 Å². The Hall–Kier alpha value is -3.85. The molecule has 0 unspecified atom stereocenters. The first kappa shape index (κ1) is 33.5. The number of carbonyl (C=O) groups is 2. The molecule has 0 bridgehead atoms. The predicted octanol–water partition coefficient (Wildman–Crippen LogP) is 6.52. The van der Waals surface area contributed by atoms with Crippen LogP contribution in [-0.4, -0.2) is 67.8 Å². The molecule has 2 aromatic carbocycles. The number of carbonyl (C=O) groups excluding carboxylic acids is 1. The Morgan fingerprint density at radius 1 is 1.17 bits per heavy atom. The first-order valence-corrected chi connectivity index (χ1v) is 17.3. The third-order valence-corrected chi connectivity index (χ3v) is 10.1. The van der Waals surface area contributed by atoms with E-state index in [9.17, 15) is 27.5 Å². The molecule has 1 aliphatic rings. The first-order valence-electron chi connectivity index (χ1n) is 14.2. The Morgan fingerprint density at radius 3 is 2.48 bits per heavy atom. The number of sulfonamides is 1. The fourth-order valence-corrected chi connectivity index (χ4v) is 7.54. The molecule has 0 atom stereocenters. The summed E-state index contributed by atoms with van der Waals surface area (Å²) in [6.07, 6.45) is 3.78. The van der Waals surface area contributed by atoms with Crippen molar-refractivity contribution >= 4 is 60.7 Å². The number of halogens is 3. The van der Waals surface area contributed by atoms with Gasteiger partial charge in [-0.05, 0) is 55.3 Å². The number of carboxylic acid groups (broad SMARTS) is 1. The number of anilines is 1. The number of ether oxygens (including phenoxy) is 1. The van der Waals surface area contributed by atoms with E-state index >= 15 is 4.39 Å². The molecule has 244 valence electrons. The molecular formula is C31H31ClF2N4O6S2. The number of amides is 1. The molecule has 4 aromatic rings. The van der Waals surface area contributed by atoms with Crippen LogP contribution in [0.5, 0.6) is 5.75 Å². The minimum atomic E-state index is -3.64. The van der Waals surface area contributed by atoms with Crippen molar-refractivity contribution in [2.45, 2.75) is 44.3 Å². The monoisotopic (exact) mass is 692 g/mol. The molecule has 10 nitrogen and oxygen atoms in total.